The van der Waals surface area contributed by atoms with Gasteiger partial charge < -0.3 is 38.9 Å². The van der Waals surface area contributed by atoms with Crippen LogP contribution in [0.25, 0.3) is 11.0 Å². The van der Waals surface area contributed by atoms with Crippen LogP contribution in [0, 0.1) is 0 Å². The summed E-state index contributed by atoms with van der Waals surface area (Å²) >= 11 is 0. The molecule has 2 N–H and O–H groups in total. The van der Waals surface area contributed by atoms with Gasteiger partial charge in [-0.3, -0.25) is 4.79 Å². The molecule has 0 aliphatic heterocycles. The predicted molar refractivity (Wildman–Crippen MR) is 161 cm³/mol. The van der Waals surface area contributed by atoms with Crippen molar-refractivity contribution < 1.29 is 33.0 Å². The van der Waals surface area contributed by atoms with Crippen LogP contribution >= 0.6 is 0 Å². The molecule has 1 aliphatic rings. The summed E-state index contributed by atoms with van der Waals surface area (Å²) in [5.41, 5.74) is 0.697. The van der Waals surface area contributed by atoms with Crippen LogP contribution in [0.5, 0.6) is 0 Å². The molecule has 232 valence electrons. The molecule has 1 aliphatic carbocycles. The second kappa shape index (κ2) is 18.9. The van der Waals surface area contributed by atoms with Crippen LogP contribution < -0.4 is 21.2 Å². The Hall–Kier alpha value is -3.41. The van der Waals surface area contributed by atoms with Gasteiger partial charge in [0.25, 0.3) is 5.91 Å². The smallest absolute Gasteiger partial charge is 0.407 e. The molecule has 1 unspecified atom stereocenters. The Labute approximate surface area is 247 Å². The van der Waals surface area contributed by atoms with E-state index in [0.717, 1.165) is 38.0 Å². The lowest BCUT2D eigenvalue weighted by Crippen LogP contribution is -2.31. The highest BCUT2D eigenvalue weighted by atomic mass is 16.6. The van der Waals surface area contributed by atoms with Crippen LogP contribution in [0.2, 0.25) is 0 Å². The van der Waals surface area contributed by atoms with E-state index in [4.69, 9.17) is 23.4 Å². The first kappa shape index (κ1) is 33.1. The van der Waals surface area contributed by atoms with Crippen molar-refractivity contribution in [3.05, 3.63) is 52.4 Å². The largest absolute Gasteiger partial charge is 0.442 e. The summed E-state index contributed by atoms with van der Waals surface area (Å²) in [7, 11) is 0. The van der Waals surface area contributed by atoms with Gasteiger partial charge >= 0.3 is 11.7 Å². The molecule has 2 amide bonds. The molecule has 0 saturated heterocycles. The van der Waals surface area contributed by atoms with E-state index in [9.17, 15) is 14.4 Å². The number of nitrogens with zero attached hydrogens (tertiary/aromatic N) is 1. The summed E-state index contributed by atoms with van der Waals surface area (Å²) in [6.07, 6.45) is 8.79. The zero-order valence-corrected chi connectivity index (χ0v) is 24.9. The first-order chi connectivity index (χ1) is 20.5. The third-order valence-corrected chi connectivity index (χ3v) is 6.85. The van der Waals surface area contributed by atoms with Crippen LogP contribution in [0.4, 0.5) is 10.5 Å². The minimum absolute atomic E-state index is 0.0410. The van der Waals surface area contributed by atoms with Gasteiger partial charge in [0.2, 0.25) is 0 Å². The van der Waals surface area contributed by atoms with Crippen LogP contribution in [0.3, 0.4) is 0 Å². The van der Waals surface area contributed by atoms with Crippen molar-refractivity contribution in [2.24, 2.45) is 0 Å². The van der Waals surface area contributed by atoms with Gasteiger partial charge in [0.1, 0.15) is 17.3 Å². The zero-order chi connectivity index (χ0) is 30.0. The predicted octanol–water partition coefficient (Wildman–Crippen LogP) is 4.03. The normalized spacial score (nSPS) is 15.9. The fourth-order valence-electron chi connectivity index (χ4n) is 4.55. The summed E-state index contributed by atoms with van der Waals surface area (Å²) < 4.78 is 27.2. The Balaban J connectivity index is 1.19. The van der Waals surface area contributed by atoms with Crippen LogP contribution in [-0.2, 0) is 18.9 Å². The van der Waals surface area contributed by atoms with Gasteiger partial charge in [-0.25, -0.2) is 9.59 Å². The number of rotatable bonds is 17. The van der Waals surface area contributed by atoms with Crippen LogP contribution in [-0.4, -0.2) is 83.9 Å². The highest BCUT2D eigenvalue weighted by Crippen LogP contribution is 2.22. The standard InChI is InChI=1S/C31H45N3O8/c1-3-34(4-2)25-13-12-24-22-27(30(36)42-28(24)23-25)29(35)32-14-16-38-18-20-40-21-19-39-17-15-33-31(37)41-26-10-8-6-5-7-9-11-26/h8,10,12-13,22-23,26H,3-7,9,11,14-21H2,1-2H3,(H,32,35)(H,33,37)/b10-8-. The molecule has 1 atom stereocenters. The van der Waals surface area contributed by atoms with E-state index in [1.165, 1.54) is 12.8 Å². The van der Waals surface area contributed by atoms with Crippen LogP contribution in [0.1, 0.15) is 56.3 Å². The molecule has 11 heteroatoms. The average Bonchev–Trinajstić information content (AvgIpc) is 2.97. The zero-order valence-electron chi connectivity index (χ0n) is 24.9. The first-order valence-electron chi connectivity index (χ1n) is 15.0. The van der Waals surface area contributed by atoms with Gasteiger partial charge in [-0.15, -0.1) is 0 Å². The summed E-state index contributed by atoms with van der Waals surface area (Å²) in [6, 6.07) is 7.18. The summed E-state index contributed by atoms with van der Waals surface area (Å²) in [4.78, 5) is 39.0. The molecule has 0 radical (unpaired) electrons. The number of amides is 2. The first-order valence-corrected chi connectivity index (χ1v) is 15.0. The number of allylic oxidation sites excluding steroid dienone is 1. The Bertz CT molecular complexity index is 1190. The molecular formula is C31H45N3O8. The topological polar surface area (TPSA) is 129 Å². The van der Waals surface area contributed by atoms with E-state index < -0.39 is 17.6 Å². The molecule has 0 saturated carbocycles. The number of benzene rings is 1. The number of fused-ring (bicyclic) bond motifs is 1. The van der Waals surface area contributed by atoms with Crippen molar-refractivity contribution in [1.82, 2.24) is 10.6 Å². The number of alkyl carbamates (subject to hydrolysis) is 1. The van der Waals surface area contributed by atoms with E-state index in [1.54, 1.807) is 6.07 Å². The number of carbonyl (C=O) groups excluding carboxylic acids is 2. The van der Waals surface area contributed by atoms with Gasteiger partial charge in [-0.2, -0.15) is 0 Å². The summed E-state index contributed by atoms with van der Waals surface area (Å²) in [6.45, 7) is 8.56. The lowest BCUT2D eigenvalue weighted by molar-refractivity contribution is 0.0155. The van der Waals surface area contributed by atoms with Crippen molar-refractivity contribution in [3.8, 4) is 0 Å². The van der Waals surface area contributed by atoms with Crippen molar-refractivity contribution >= 4 is 28.7 Å². The third-order valence-electron chi connectivity index (χ3n) is 6.85. The monoisotopic (exact) mass is 587 g/mol. The number of ether oxygens (including phenoxy) is 4. The maximum absolute atomic E-state index is 12.5. The second-order valence-corrected chi connectivity index (χ2v) is 9.87. The lowest BCUT2D eigenvalue weighted by atomic mass is 10.0. The summed E-state index contributed by atoms with van der Waals surface area (Å²) in [5, 5.41) is 6.07. The van der Waals surface area contributed by atoms with Gasteiger partial charge in [0.15, 0.2) is 0 Å². The molecule has 11 nitrogen and oxygen atoms in total. The number of hydrogen-bond acceptors (Lipinski definition) is 9. The number of hydrogen-bond donors (Lipinski definition) is 2. The quantitative estimate of drug-likeness (QED) is 0.160. The van der Waals surface area contributed by atoms with Crippen molar-refractivity contribution in [3.63, 3.8) is 0 Å². The van der Waals surface area contributed by atoms with Gasteiger partial charge in [0.05, 0.1) is 39.6 Å². The maximum Gasteiger partial charge on any atom is 0.407 e. The van der Waals surface area contributed by atoms with Crippen molar-refractivity contribution in [1.29, 1.82) is 0 Å². The van der Waals surface area contributed by atoms with E-state index in [0.29, 0.717) is 50.5 Å². The molecule has 2 aromatic rings. The number of anilines is 1. The van der Waals surface area contributed by atoms with Crippen molar-refractivity contribution in [2.75, 3.05) is 70.7 Å². The molecule has 1 aromatic carbocycles. The maximum atomic E-state index is 12.5. The average molecular weight is 588 g/mol. The molecular weight excluding hydrogens is 542 g/mol. The van der Waals surface area contributed by atoms with E-state index in [2.05, 4.69) is 35.5 Å². The highest BCUT2D eigenvalue weighted by Gasteiger charge is 2.15. The number of carbonyl (C=O) groups is 2. The highest BCUT2D eigenvalue weighted by molar-refractivity contribution is 5.97. The molecule has 0 bridgehead atoms. The van der Waals surface area contributed by atoms with Crippen LogP contribution in [0.15, 0.2) is 45.6 Å². The molecule has 0 spiro atoms. The van der Waals surface area contributed by atoms with E-state index in [-0.39, 0.29) is 24.8 Å². The fourth-order valence-corrected chi connectivity index (χ4v) is 4.55. The number of nitrogens with one attached hydrogen (secondary N) is 2. The van der Waals surface area contributed by atoms with Gasteiger partial charge in [-0.1, -0.05) is 12.5 Å². The fraction of sp³-hybridized carbons (Fsp3) is 0.581. The molecule has 1 aromatic heterocycles. The van der Waals surface area contributed by atoms with Gasteiger partial charge in [0, 0.05) is 43.3 Å². The Morgan fingerprint density at radius 2 is 1.60 bits per heavy atom. The minimum Gasteiger partial charge on any atom is -0.442 e. The molecule has 3 rings (SSSR count). The lowest BCUT2D eigenvalue weighted by Gasteiger charge is -2.21. The van der Waals surface area contributed by atoms with E-state index in [1.807, 2.05) is 24.3 Å². The third kappa shape index (κ3) is 11.5. The molecule has 42 heavy (non-hydrogen) atoms. The SMILES string of the molecule is CCN(CC)c1ccc2cc(C(=O)NCCOCCOCCOCCNC(=O)OC3/C=C\CCCCC3)c(=O)oc2c1. The van der Waals surface area contributed by atoms with Crippen molar-refractivity contribution in [2.45, 2.75) is 52.1 Å². The summed E-state index contributed by atoms with van der Waals surface area (Å²) in [5.74, 6) is -0.505. The minimum atomic E-state index is -0.675. The Morgan fingerprint density at radius 1 is 0.905 bits per heavy atom. The Kier molecular flexibility index (Phi) is 14.9. The molecule has 1 heterocycles. The Morgan fingerprint density at radius 3 is 2.31 bits per heavy atom. The second-order valence-electron chi connectivity index (χ2n) is 9.87. The van der Waals surface area contributed by atoms with Gasteiger partial charge in [-0.05, 0) is 63.8 Å². The van der Waals surface area contributed by atoms with E-state index >= 15 is 0 Å². The molecule has 0 fully saturated rings.